The molecule has 2 fully saturated rings. The van der Waals surface area contributed by atoms with Gasteiger partial charge in [0, 0.05) is 10.2 Å². The van der Waals surface area contributed by atoms with Gasteiger partial charge >= 0.3 is 0 Å². The van der Waals surface area contributed by atoms with Crippen LogP contribution in [0.25, 0.3) is 0 Å². The topological polar surface area (TPSA) is 9.23 Å². The van der Waals surface area contributed by atoms with E-state index < -0.39 is 0 Å². The van der Waals surface area contributed by atoms with Crippen LogP contribution in [-0.4, -0.2) is 10.9 Å². The molecule has 2 aliphatic carbocycles. The van der Waals surface area contributed by atoms with E-state index in [1.165, 1.54) is 49.7 Å². The molecule has 0 aliphatic heterocycles. The lowest BCUT2D eigenvalue weighted by Gasteiger charge is -2.53. The van der Waals surface area contributed by atoms with Gasteiger partial charge in [-0.25, -0.2) is 0 Å². The van der Waals surface area contributed by atoms with E-state index in [0.29, 0.717) is 16.3 Å². The number of rotatable bonds is 2. The predicted octanol–water partition coefficient (Wildman–Crippen LogP) is 5.56. The zero-order valence-electron chi connectivity index (χ0n) is 12.6. The van der Waals surface area contributed by atoms with Crippen molar-refractivity contribution in [1.29, 1.82) is 0 Å². The molecule has 1 spiro atoms. The van der Waals surface area contributed by atoms with Crippen molar-refractivity contribution in [2.45, 2.75) is 69.7 Å². The van der Waals surface area contributed by atoms with Crippen molar-refractivity contribution in [2.75, 3.05) is 0 Å². The number of hydrogen-bond acceptors (Lipinski definition) is 1. The lowest BCUT2D eigenvalue weighted by molar-refractivity contribution is -0.0462. The quantitative estimate of drug-likeness (QED) is 0.642. The summed E-state index contributed by atoms with van der Waals surface area (Å²) in [5, 5.41) is 0. The molecule has 0 heterocycles. The molecule has 20 heavy (non-hydrogen) atoms. The van der Waals surface area contributed by atoms with Crippen LogP contribution in [0.3, 0.4) is 0 Å². The summed E-state index contributed by atoms with van der Waals surface area (Å²) in [5.41, 5.74) is 2.99. The molecule has 0 saturated heterocycles. The number of aryl methyl sites for hydroxylation is 2. The van der Waals surface area contributed by atoms with Gasteiger partial charge in [0.15, 0.2) is 0 Å². The highest BCUT2D eigenvalue weighted by Crippen LogP contribution is 2.55. The predicted molar refractivity (Wildman–Crippen MR) is 87.8 cm³/mol. The summed E-state index contributed by atoms with van der Waals surface area (Å²) in [4.78, 5) is 0.656. The molecule has 2 aliphatic rings. The molecule has 0 amide bonds. The Labute approximate surface area is 131 Å². The molecule has 0 radical (unpaired) electrons. The first kappa shape index (κ1) is 14.4. The zero-order valence-corrected chi connectivity index (χ0v) is 14.2. The van der Waals surface area contributed by atoms with Crippen molar-refractivity contribution in [1.82, 2.24) is 0 Å². The van der Waals surface area contributed by atoms with Gasteiger partial charge in [0.25, 0.3) is 0 Å². The second-order valence-electron chi connectivity index (χ2n) is 6.78. The van der Waals surface area contributed by atoms with Gasteiger partial charge in [0.1, 0.15) is 11.9 Å². The van der Waals surface area contributed by atoms with Crippen molar-refractivity contribution < 1.29 is 4.74 Å². The van der Waals surface area contributed by atoms with Gasteiger partial charge in [0.05, 0.1) is 0 Å². The fraction of sp³-hybridized carbons (Fsp3) is 0.667. The second kappa shape index (κ2) is 5.71. The molecule has 2 heteroatoms. The third-order valence-corrected chi connectivity index (χ3v) is 6.48. The highest BCUT2D eigenvalue weighted by Gasteiger charge is 2.54. The highest BCUT2D eigenvalue weighted by atomic mass is 79.9. The van der Waals surface area contributed by atoms with Crippen molar-refractivity contribution in [3.8, 4) is 5.75 Å². The van der Waals surface area contributed by atoms with Crippen molar-refractivity contribution in [2.24, 2.45) is 5.41 Å². The summed E-state index contributed by atoms with van der Waals surface area (Å²) in [5.74, 6) is 1.07. The fourth-order valence-corrected chi connectivity index (χ4v) is 5.14. The lowest BCUT2D eigenvalue weighted by Crippen LogP contribution is -2.56. The van der Waals surface area contributed by atoms with E-state index in [-0.39, 0.29) is 0 Å². The van der Waals surface area contributed by atoms with E-state index in [2.05, 4.69) is 48.0 Å². The molecule has 2 unspecified atom stereocenters. The molecule has 0 N–H and O–H groups in total. The van der Waals surface area contributed by atoms with Crippen LogP contribution in [0.4, 0.5) is 0 Å². The summed E-state index contributed by atoms with van der Waals surface area (Å²) in [7, 11) is 0. The van der Waals surface area contributed by atoms with E-state index in [1.807, 2.05) is 0 Å². The number of hydrogen-bond donors (Lipinski definition) is 0. The maximum absolute atomic E-state index is 6.40. The molecule has 2 atom stereocenters. The van der Waals surface area contributed by atoms with Gasteiger partial charge in [-0.05, 0) is 56.4 Å². The zero-order chi connectivity index (χ0) is 14.2. The van der Waals surface area contributed by atoms with Gasteiger partial charge in [-0.3, -0.25) is 0 Å². The lowest BCUT2D eigenvalue weighted by atomic mass is 9.61. The summed E-state index contributed by atoms with van der Waals surface area (Å²) < 4.78 is 6.40. The van der Waals surface area contributed by atoms with E-state index in [0.717, 1.165) is 12.2 Å². The minimum absolute atomic E-state index is 0.397. The summed E-state index contributed by atoms with van der Waals surface area (Å²) >= 11 is 3.92. The van der Waals surface area contributed by atoms with E-state index in [1.54, 1.807) is 0 Å². The summed E-state index contributed by atoms with van der Waals surface area (Å²) in [6.07, 6.45) is 9.77. The van der Waals surface area contributed by atoms with Gasteiger partial charge in [-0.1, -0.05) is 47.7 Å². The number of ether oxygens (including phenoxy) is 1. The Morgan fingerprint density at radius 2 is 1.60 bits per heavy atom. The first-order valence-electron chi connectivity index (χ1n) is 7.99. The van der Waals surface area contributed by atoms with Gasteiger partial charge < -0.3 is 4.74 Å². The van der Waals surface area contributed by atoms with Crippen LogP contribution in [-0.2, 0) is 0 Å². The minimum atomic E-state index is 0.397. The Kier molecular flexibility index (Phi) is 4.12. The maximum Gasteiger partial charge on any atom is 0.120 e. The normalized spacial score (nSPS) is 28.8. The highest BCUT2D eigenvalue weighted by molar-refractivity contribution is 9.09. The molecular formula is C18H25BrO. The molecule has 0 aromatic heterocycles. The van der Waals surface area contributed by atoms with E-state index in [4.69, 9.17) is 4.74 Å². The molecule has 110 valence electrons. The third kappa shape index (κ3) is 2.64. The van der Waals surface area contributed by atoms with Crippen LogP contribution >= 0.6 is 15.9 Å². The van der Waals surface area contributed by atoms with Gasteiger partial charge in [0.2, 0.25) is 0 Å². The SMILES string of the molecule is Cc1cc(C)cc(OC2CC(Br)C23CCCCCC3)c1. The van der Waals surface area contributed by atoms with Crippen LogP contribution < -0.4 is 4.74 Å². The smallest absolute Gasteiger partial charge is 0.120 e. The average molecular weight is 337 g/mol. The van der Waals surface area contributed by atoms with Crippen molar-refractivity contribution in [3.05, 3.63) is 29.3 Å². The first-order chi connectivity index (χ1) is 9.60. The molecular weight excluding hydrogens is 312 g/mol. The standard InChI is InChI=1S/C18H25BrO/c1-13-9-14(2)11-15(10-13)20-17-12-16(19)18(17)7-5-3-4-6-8-18/h9-11,16-17H,3-8,12H2,1-2H3. The Hall–Kier alpha value is -0.500. The van der Waals surface area contributed by atoms with Crippen molar-refractivity contribution in [3.63, 3.8) is 0 Å². The number of halogens is 1. The third-order valence-electron chi connectivity index (χ3n) is 5.19. The molecule has 3 rings (SSSR count). The largest absolute Gasteiger partial charge is 0.490 e. The number of benzene rings is 1. The van der Waals surface area contributed by atoms with Crippen LogP contribution in [0.15, 0.2) is 18.2 Å². The summed E-state index contributed by atoms with van der Waals surface area (Å²) in [6, 6.07) is 6.57. The van der Waals surface area contributed by atoms with Crippen LogP contribution in [0, 0.1) is 19.3 Å². The van der Waals surface area contributed by atoms with E-state index in [9.17, 15) is 0 Å². The Bertz CT molecular complexity index is 454. The van der Waals surface area contributed by atoms with Gasteiger partial charge in [-0.2, -0.15) is 0 Å². The Morgan fingerprint density at radius 1 is 1.00 bits per heavy atom. The first-order valence-corrected chi connectivity index (χ1v) is 8.91. The fourth-order valence-electron chi connectivity index (χ4n) is 4.05. The molecule has 0 bridgehead atoms. The van der Waals surface area contributed by atoms with E-state index >= 15 is 0 Å². The van der Waals surface area contributed by atoms with Gasteiger partial charge in [-0.15, -0.1) is 0 Å². The van der Waals surface area contributed by atoms with Crippen LogP contribution in [0.1, 0.15) is 56.1 Å². The molecule has 1 nitrogen and oxygen atoms in total. The Morgan fingerprint density at radius 3 is 2.15 bits per heavy atom. The maximum atomic E-state index is 6.40. The average Bonchev–Trinajstić information content (AvgIpc) is 2.65. The second-order valence-corrected chi connectivity index (χ2v) is 7.89. The molecule has 1 aromatic rings. The monoisotopic (exact) mass is 336 g/mol. The van der Waals surface area contributed by atoms with Crippen molar-refractivity contribution >= 4 is 15.9 Å². The van der Waals surface area contributed by atoms with Crippen LogP contribution in [0.2, 0.25) is 0 Å². The Balaban J connectivity index is 1.76. The summed E-state index contributed by atoms with van der Waals surface area (Å²) in [6.45, 7) is 4.30. The molecule has 2 saturated carbocycles. The minimum Gasteiger partial charge on any atom is -0.490 e. The van der Waals surface area contributed by atoms with Crippen LogP contribution in [0.5, 0.6) is 5.75 Å². The number of alkyl halides is 1. The molecule has 1 aromatic carbocycles.